The molecule has 0 spiro atoms. The number of ether oxygens (including phenoxy) is 1. The number of aromatic nitrogens is 2. The second-order valence-corrected chi connectivity index (χ2v) is 9.93. The molecule has 2 heterocycles. The van der Waals surface area contributed by atoms with Crippen LogP contribution in [0.2, 0.25) is 0 Å². The minimum atomic E-state index is -0.851. The summed E-state index contributed by atoms with van der Waals surface area (Å²) in [5.41, 5.74) is 0.842. The zero-order chi connectivity index (χ0) is 20.4. The van der Waals surface area contributed by atoms with Gasteiger partial charge in [0.2, 0.25) is 5.91 Å². The van der Waals surface area contributed by atoms with Gasteiger partial charge in [-0.05, 0) is 49.4 Å². The molecule has 0 bridgehead atoms. The van der Waals surface area contributed by atoms with Gasteiger partial charge >= 0.3 is 0 Å². The van der Waals surface area contributed by atoms with Gasteiger partial charge in [0.1, 0.15) is 11.6 Å². The molecule has 1 aromatic heterocycles. The number of carbonyl (C=O) groups excluding carboxylic acids is 1. The Labute approximate surface area is 175 Å². The molecule has 1 atom stereocenters. The van der Waals surface area contributed by atoms with Gasteiger partial charge in [0.05, 0.1) is 24.3 Å². The fraction of sp³-hybridized carbons (Fsp3) is 0.450. The summed E-state index contributed by atoms with van der Waals surface area (Å²) < 4.78 is 18.6. The third-order valence-corrected chi connectivity index (χ3v) is 6.71. The first kappa shape index (κ1) is 20.2. The number of nitrogens with zero attached hydrogens (tertiary/aromatic N) is 2. The van der Waals surface area contributed by atoms with Crippen molar-refractivity contribution in [2.75, 3.05) is 29.7 Å². The van der Waals surface area contributed by atoms with E-state index in [4.69, 9.17) is 4.74 Å². The van der Waals surface area contributed by atoms with E-state index in [1.165, 1.54) is 24.6 Å². The highest BCUT2D eigenvalue weighted by Crippen LogP contribution is 2.30. The molecule has 0 saturated heterocycles. The highest BCUT2D eigenvalue weighted by atomic mass is 32.2. The summed E-state index contributed by atoms with van der Waals surface area (Å²) in [6, 6.07) is 7.39. The van der Waals surface area contributed by atoms with Gasteiger partial charge in [-0.3, -0.25) is 18.4 Å². The van der Waals surface area contributed by atoms with Crippen molar-refractivity contribution >= 4 is 34.3 Å². The van der Waals surface area contributed by atoms with Crippen molar-refractivity contribution in [3.8, 4) is 11.4 Å². The molecule has 4 rings (SSSR count). The fourth-order valence-corrected chi connectivity index (χ4v) is 4.75. The van der Waals surface area contributed by atoms with Crippen LogP contribution < -0.4 is 15.6 Å². The molecular weight excluding hydrogens is 410 g/mol. The number of carbonyl (C=O) groups is 1. The maximum atomic E-state index is 13.1. The molecule has 2 aliphatic rings. The zero-order valence-corrected chi connectivity index (χ0v) is 17.8. The van der Waals surface area contributed by atoms with Crippen LogP contribution in [0.5, 0.6) is 5.75 Å². The highest BCUT2D eigenvalue weighted by Gasteiger charge is 2.26. The van der Waals surface area contributed by atoms with Crippen LogP contribution in [0.4, 0.5) is 5.82 Å². The molecule has 7 nitrogen and oxygen atoms in total. The van der Waals surface area contributed by atoms with Crippen molar-refractivity contribution in [3.05, 3.63) is 40.2 Å². The normalized spacial score (nSPS) is 16.4. The van der Waals surface area contributed by atoms with E-state index in [1.54, 1.807) is 10.8 Å². The molecule has 1 amide bonds. The van der Waals surface area contributed by atoms with Gasteiger partial charge in [0, 0.05) is 28.6 Å². The van der Waals surface area contributed by atoms with Gasteiger partial charge in [-0.25, -0.2) is 4.98 Å². The maximum Gasteiger partial charge on any atom is 0.264 e. The minimum Gasteiger partial charge on any atom is -0.493 e. The van der Waals surface area contributed by atoms with E-state index in [1.807, 2.05) is 24.3 Å². The molecule has 1 unspecified atom stereocenters. The molecule has 1 aliphatic heterocycles. The number of benzene rings is 1. The lowest BCUT2D eigenvalue weighted by Gasteiger charge is -2.14. The molecule has 1 aliphatic carbocycles. The Balaban J connectivity index is 1.61. The first-order valence-electron chi connectivity index (χ1n) is 9.63. The van der Waals surface area contributed by atoms with Crippen molar-refractivity contribution in [1.29, 1.82) is 0 Å². The number of thioether (sulfide) groups is 1. The predicted molar refractivity (Wildman–Crippen MR) is 115 cm³/mol. The topological polar surface area (TPSA) is 90.3 Å². The van der Waals surface area contributed by atoms with Crippen LogP contribution in [0.1, 0.15) is 24.8 Å². The number of anilines is 1. The first-order valence-corrected chi connectivity index (χ1v) is 12.3. The van der Waals surface area contributed by atoms with Crippen LogP contribution in [0, 0.1) is 5.92 Å². The minimum absolute atomic E-state index is 0.0452. The SMILES string of the molecule is CS(=O)CCCSc1nc2c(c(=O)n1-c1ccc(OCC3CC3)cc1)CC(=O)N2. The van der Waals surface area contributed by atoms with E-state index < -0.39 is 10.8 Å². The lowest BCUT2D eigenvalue weighted by atomic mass is 10.2. The first-order chi connectivity index (χ1) is 14.0. The standard InChI is InChI=1S/C20H23N3O4S2/c1-29(26)10-2-9-28-20-22-18-16(11-17(24)21-18)19(25)23(20)14-5-7-15(8-6-14)27-12-13-3-4-13/h5-8,13H,2-4,9-12H2,1H3,(H,21,24). The Morgan fingerprint density at radius 3 is 2.72 bits per heavy atom. The Hall–Kier alpha value is -2.13. The Bertz CT molecular complexity index is 1000. The fourth-order valence-electron chi connectivity index (χ4n) is 3.08. The summed E-state index contributed by atoms with van der Waals surface area (Å²) in [6.07, 6.45) is 4.93. The van der Waals surface area contributed by atoms with Crippen molar-refractivity contribution in [1.82, 2.24) is 9.55 Å². The average Bonchev–Trinajstić information content (AvgIpc) is 3.44. The van der Waals surface area contributed by atoms with Crippen LogP contribution in [0.15, 0.2) is 34.2 Å². The molecule has 1 saturated carbocycles. The summed E-state index contributed by atoms with van der Waals surface area (Å²) in [5.74, 6) is 2.86. The molecular formula is C20H23N3O4S2. The predicted octanol–water partition coefficient (Wildman–Crippen LogP) is 2.38. The van der Waals surface area contributed by atoms with Gasteiger partial charge in [0.25, 0.3) is 5.56 Å². The van der Waals surface area contributed by atoms with Crippen molar-refractivity contribution < 1.29 is 13.7 Å². The van der Waals surface area contributed by atoms with Crippen LogP contribution in [-0.4, -0.2) is 44.0 Å². The third-order valence-electron chi connectivity index (χ3n) is 4.83. The van der Waals surface area contributed by atoms with Gasteiger partial charge < -0.3 is 10.1 Å². The molecule has 1 N–H and O–H groups in total. The monoisotopic (exact) mass is 433 g/mol. The van der Waals surface area contributed by atoms with Gasteiger partial charge in [-0.1, -0.05) is 11.8 Å². The maximum absolute atomic E-state index is 13.1. The highest BCUT2D eigenvalue weighted by molar-refractivity contribution is 7.99. The molecule has 29 heavy (non-hydrogen) atoms. The van der Waals surface area contributed by atoms with Gasteiger partial charge in [-0.2, -0.15) is 0 Å². The molecule has 9 heteroatoms. The van der Waals surface area contributed by atoms with Gasteiger partial charge in [-0.15, -0.1) is 0 Å². The smallest absolute Gasteiger partial charge is 0.264 e. The van der Waals surface area contributed by atoms with Crippen LogP contribution in [-0.2, 0) is 22.0 Å². The number of fused-ring (bicyclic) bond motifs is 1. The summed E-state index contributed by atoms with van der Waals surface area (Å²) in [4.78, 5) is 29.4. The van der Waals surface area contributed by atoms with Crippen molar-refractivity contribution in [2.45, 2.75) is 30.8 Å². The Kier molecular flexibility index (Phi) is 6.05. The van der Waals surface area contributed by atoms with Gasteiger partial charge in [0.15, 0.2) is 5.16 Å². The van der Waals surface area contributed by atoms with E-state index in [9.17, 15) is 13.8 Å². The number of amides is 1. The zero-order valence-electron chi connectivity index (χ0n) is 16.2. The number of hydrogen-bond acceptors (Lipinski definition) is 6. The van der Waals surface area contributed by atoms with Crippen molar-refractivity contribution in [2.24, 2.45) is 5.92 Å². The molecule has 0 radical (unpaired) electrons. The Morgan fingerprint density at radius 1 is 1.28 bits per heavy atom. The summed E-state index contributed by atoms with van der Waals surface area (Å²) in [5, 5.41) is 3.18. The van der Waals surface area contributed by atoms with E-state index in [0.717, 1.165) is 18.8 Å². The van der Waals surface area contributed by atoms with E-state index in [2.05, 4.69) is 10.3 Å². The molecule has 154 valence electrons. The van der Waals surface area contributed by atoms with Crippen LogP contribution in [0.25, 0.3) is 5.69 Å². The lowest BCUT2D eigenvalue weighted by molar-refractivity contribution is -0.115. The summed E-state index contributed by atoms with van der Waals surface area (Å²) in [7, 11) is -0.851. The van der Waals surface area contributed by atoms with Crippen molar-refractivity contribution in [3.63, 3.8) is 0 Å². The quantitative estimate of drug-likeness (QED) is 0.371. The van der Waals surface area contributed by atoms with E-state index in [0.29, 0.717) is 39.6 Å². The van der Waals surface area contributed by atoms with Crippen LogP contribution in [0.3, 0.4) is 0 Å². The second kappa shape index (κ2) is 8.71. The number of nitrogens with one attached hydrogen (secondary N) is 1. The Morgan fingerprint density at radius 2 is 2.03 bits per heavy atom. The second-order valence-electron chi connectivity index (χ2n) is 7.31. The largest absolute Gasteiger partial charge is 0.493 e. The summed E-state index contributed by atoms with van der Waals surface area (Å²) >= 11 is 1.43. The molecule has 2 aromatic rings. The summed E-state index contributed by atoms with van der Waals surface area (Å²) in [6.45, 7) is 0.730. The van der Waals surface area contributed by atoms with E-state index >= 15 is 0 Å². The lowest BCUT2D eigenvalue weighted by Crippen LogP contribution is -2.24. The average molecular weight is 434 g/mol. The number of hydrogen-bond donors (Lipinski definition) is 1. The molecule has 1 aromatic carbocycles. The third kappa shape index (κ3) is 4.90. The van der Waals surface area contributed by atoms with E-state index in [-0.39, 0.29) is 17.9 Å². The van der Waals surface area contributed by atoms with Crippen LogP contribution >= 0.6 is 11.8 Å². The molecule has 1 fully saturated rings. The number of rotatable bonds is 9.